The lowest BCUT2D eigenvalue weighted by Crippen LogP contribution is -2.41. The number of carbonyl (C=O) groups excluding carboxylic acids is 1. The second-order valence-corrected chi connectivity index (χ2v) is 8.80. The molecule has 7 heteroatoms. The minimum Gasteiger partial charge on any atom is -0.330 e. The fourth-order valence-electron chi connectivity index (χ4n) is 3.91. The van der Waals surface area contributed by atoms with Gasteiger partial charge in [-0.1, -0.05) is 83.9 Å². The Bertz CT molecular complexity index is 1310. The molecule has 0 saturated heterocycles. The third-order valence-corrected chi connectivity index (χ3v) is 5.98. The van der Waals surface area contributed by atoms with Crippen LogP contribution in [0.15, 0.2) is 89.7 Å². The van der Waals surface area contributed by atoms with E-state index in [0.717, 1.165) is 5.56 Å². The summed E-state index contributed by atoms with van der Waals surface area (Å²) in [5.41, 5.74) is 2.12. The van der Waals surface area contributed by atoms with Crippen LogP contribution in [0.4, 0.5) is 0 Å². The second kappa shape index (κ2) is 10.2. The van der Waals surface area contributed by atoms with E-state index in [1.807, 2.05) is 79.7 Å². The Morgan fingerprint density at radius 3 is 2.21 bits per heavy atom. The number of nitrogens with zero attached hydrogens (tertiary/aromatic N) is 3. The molecular formula is C26H23Cl2N3O2. The number of carbonyl (C=O) groups is 1. The van der Waals surface area contributed by atoms with E-state index in [0.29, 0.717) is 35.4 Å². The molecule has 1 aromatic heterocycles. The summed E-state index contributed by atoms with van der Waals surface area (Å²) in [7, 11) is 0. The average molecular weight is 480 g/mol. The number of rotatable bonds is 7. The fourth-order valence-corrected chi connectivity index (χ4v) is 4.16. The molecule has 0 N–H and O–H groups in total. The van der Waals surface area contributed by atoms with Crippen molar-refractivity contribution >= 4 is 40.0 Å². The van der Waals surface area contributed by atoms with Gasteiger partial charge >= 0.3 is 0 Å². The van der Waals surface area contributed by atoms with Crippen molar-refractivity contribution in [3.8, 4) is 5.69 Å². The summed E-state index contributed by atoms with van der Waals surface area (Å²) in [4.78, 5) is 31.7. The summed E-state index contributed by atoms with van der Waals surface area (Å²) in [5, 5.41) is 0.507. The smallest absolute Gasteiger partial charge is 0.266 e. The maximum absolute atomic E-state index is 13.5. The monoisotopic (exact) mass is 479 g/mol. The van der Waals surface area contributed by atoms with Gasteiger partial charge in [0.2, 0.25) is 0 Å². The molecule has 0 bridgehead atoms. The first kappa shape index (κ1) is 23.0. The van der Waals surface area contributed by atoms with Crippen molar-refractivity contribution in [3.05, 3.63) is 107 Å². The van der Waals surface area contributed by atoms with Gasteiger partial charge in [-0.25, -0.2) is 4.98 Å². The van der Waals surface area contributed by atoms with E-state index in [1.165, 1.54) is 0 Å². The zero-order valence-corrected chi connectivity index (χ0v) is 19.6. The Kier molecular flexibility index (Phi) is 7.11. The Morgan fingerprint density at radius 2 is 1.55 bits per heavy atom. The van der Waals surface area contributed by atoms with Crippen LogP contribution in [0.25, 0.3) is 16.6 Å². The third kappa shape index (κ3) is 4.95. The van der Waals surface area contributed by atoms with Crippen LogP contribution in [0.3, 0.4) is 0 Å². The van der Waals surface area contributed by atoms with E-state index in [4.69, 9.17) is 28.2 Å². The van der Waals surface area contributed by atoms with Crippen LogP contribution >= 0.6 is 23.2 Å². The number of alkyl halides is 2. The van der Waals surface area contributed by atoms with Crippen molar-refractivity contribution in [2.24, 2.45) is 0 Å². The lowest BCUT2D eigenvalue weighted by molar-refractivity contribution is -0.131. The number of hydrogen-bond donors (Lipinski definition) is 0. The van der Waals surface area contributed by atoms with Crippen LogP contribution in [0.5, 0.6) is 0 Å². The first-order valence-electron chi connectivity index (χ1n) is 10.7. The largest absolute Gasteiger partial charge is 0.330 e. The maximum atomic E-state index is 13.5. The molecule has 0 aliphatic rings. The SMILES string of the molecule is CC(c1nc2ccccc2c(=O)n1-c1ccccc1)N(CCc1ccccc1)C(=O)C(Cl)Cl. The van der Waals surface area contributed by atoms with E-state index in [1.54, 1.807) is 21.6 Å². The molecule has 0 spiro atoms. The summed E-state index contributed by atoms with van der Waals surface area (Å²) in [6.07, 6.45) is 0.612. The van der Waals surface area contributed by atoms with Gasteiger partial charge in [0, 0.05) is 6.54 Å². The van der Waals surface area contributed by atoms with Gasteiger partial charge in [0.15, 0.2) is 4.84 Å². The molecule has 4 rings (SSSR count). The number of aromatic nitrogens is 2. The van der Waals surface area contributed by atoms with Crippen LogP contribution in [0.2, 0.25) is 0 Å². The summed E-state index contributed by atoms with van der Waals surface area (Å²) >= 11 is 12.0. The number of amides is 1. The van der Waals surface area contributed by atoms with Crippen molar-refractivity contribution < 1.29 is 4.79 Å². The average Bonchev–Trinajstić information content (AvgIpc) is 2.85. The van der Waals surface area contributed by atoms with Crippen LogP contribution < -0.4 is 5.56 Å². The second-order valence-electron chi connectivity index (χ2n) is 7.71. The number of halogens is 2. The predicted molar refractivity (Wildman–Crippen MR) is 133 cm³/mol. The lowest BCUT2D eigenvalue weighted by Gasteiger charge is -2.31. The quantitative estimate of drug-likeness (QED) is 0.337. The Hall–Kier alpha value is -3.15. The van der Waals surface area contributed by atoms with E-state index >= 15 is 0 Å². The molecule has 33 heavy (non-hydrogen) atoms. The highest BCUT2D eigenvalue weighted by molar-refractivity contribution is 6.53. The molecule has 168 valence electrons. The van der Waals surface area contributed by atoms with Gasteiger partial charge in [0.25, 0.3) is 11.5 Å². The first-order chi connectivity index (χ1) is 16.0. The molecule has 0 saturated carbocycles. The number of benzene rings is 3. The Balaban J connectivity index is 1.83. The van der Waals surface area contributed by atoms with Crippen LogP contribution in [-0.4, -0.2) is 31.7 Å². The Labute approximate surface area is 202 Å². The normalized spacial score (nSPS) is 12.1. The van der Waals surface area contributed by atoms with Crippen molar-refractivity contribution in [2.45, 2.75) is 24.2 Å². The number of fused-ring (bicyclic) bond motifs is 1. The van der Waals surface area contributed by atoms with E-state index in [9.17, 15) is 9.59 Å². The van der Waals surface area contributed by atoms with Gasteiger partial charge in [-0.15, -0.1) is 0 Å². The molecule has 0 aliphatic heterocycles. The van der Waals surface area contributed by atoms with E-state index in [2.05, 4.69) is 0 Å². The van der Waals surface area contributed by atoms with Gasteiger partial charge in [-0.3, -0.25) is 14.2 Å². The molecule has 4 aromatic rings. The van der Waals surface area contributed by atoms with Crippen LogP contribution in [0.1, 0.15) is 24.4 Å². The summed E-state index contributed by atoms with van der Waals surface area (Å²) < 4.78 is 1.56. The van der Waals surface area contributed by atoms with E-state index < -0.39 is 16.8 Å². The minimum atomic E-state index is -1.22. The molecule has 1 atom stereocenters. The highest BCUT2D eigenvalue weighted by atomic mass is 35.5. The van der Waals surface area contributed by atoms with Gasteiger partial charge in [0.05, 0.1) is 22.6 Å². The molecule has 5 nitrogen and oxygen atoms in total. The summed E-state index contributed by atoms with van der Waals surface area (Å²) in [6, 6.07) is 25.8. The summed E-state index contributed by atoms with van der Waals surface area (Å²) in [6.45, 7) is 2.21. The molecule has 0 fully saturated rings. The van der Waals surface area contributed by atoms with Gasteiger partial charge < -0.3 is 4.90 Å². The predicted octanol–water partition coefficient (Wildman–Crippen LogP) is 5.32. The molecule has 1 unspecified atom stereocenters. The minimum absolute atomic E-state index is 0.197. The molecule has 3 aromatic carbocycles. The van der Waals surface area contributed by atoms with Crippen LogP contribution in [-0.2, 0) is 11.2 Å². The van der Waals surface area contributed by atoms with Crippen molar-refractivity contribution in [2.75, 3.05) is 6.54 Å². The fraction of sp³-hybridized carbons (Fsp3) is 0.192. The topological polar surface area (TPSA) is 55.2 Å². The van der Waals surface area contributed by atoms with Crippen LogP contribution in [0, 0.1) is 0 Å². The lowest BCUT2D eigenvalue weighted by atomic mass is 10.1. The zero-order chi connectivity index (χ0) is 23.4. The highest BCUT2D eigenvalue weighted by Crippen LogP contribution is 2.25. The van der Waals surface area contributed by atoms with Gasteiger partial charge in [-0.2, -0.15) is 0 Å². The number of para-hydroxylation sites is 2. The van der Waals surface area contributed by atoms with E-state index in [-0.39, 0.29) is 5.56 Å². The van der Waals surface area contributed by atoms with Crippen molar-refractivity contribution in [3.63, 3.8) is 0 Å². The highest BCUT2D eigenvalue weighted by Gasteiger charge is 2.29. The zero-order valence-electron chi connectivity index (χ0n) is 18.1. The molecule has 0 radical (unpaired) electrons. The molecule has 1 amide bonds. The first-order valence-corrected chi connectivity index (χ1v) is 11.5. The standard InChI is InChI=1S/C26H23Cl2N3O2/c1-18(30(26(33)23(27)28)17-16-19-10-4-2-5-11-19)24-29-22-15-9-8-14-21(22)25(32)31(24)20-12-6-3-7-13-20/h2-15,18,23H,16-17H2,1H3. The molecular weight excluding hydrogens is 457 g/mol. The Morgan fingerprint density at radius 1 is 0.939 bits per heavy atom. The van der Waals surface area contributed by atoms with Gasteiger partial charge in [0.1, 0.15) is 5.82 Å². The number of hydrogen-bond acceptors (Lipinski definition) is 3. The molecule has 0 aliphatic carbocycles. The third-order valence-electron chi connectivity index (χ3n) is 5.61. The molecule has 1 heterocycles. The summed E-state index contributed by atoms with van der Waals surface area (Å²) in [5.74, 6) is 0.0177. The van der Waals surface area contributed by atoms with Crippen molar-refractivity contribution in [1.82, 2.24) is 14.5 Å². The van der Waals surface area contributed by atoms with Crippen molar-refractivity contribution in [1.29, 1.82) is 0 Å². The maximum Gasteiger partial charge on any atom is 0.266 e. The van der Waals surface area contributed by atoms with Gasteiger partial charge in [-0.05, 0) is 43.2 Å².